The maximum atomic E-state index is 12.5. The summed E-state index contributed by atoms with van der Waals surface area (Å²) in [6.07, 6.45) is 1.66. The van der Waals surface area contributed by atoms with Crippen LogP contribution in [0.5, 0.6) is 0 Å². The SMILES string of the molecule is CCOC(=O)C(c1ccccc1C)c1nncn1C(C)C. The van der Waals surface area contributed by atoms with Gasteiger partial charge in [0.25, 0.3) is 0 Å². The lowest BCUT2D eigenvalue weighted by molar-refractivity contribution is -0.144. The highest BCUT2D eigenvalue weighted by Crippen LogP contribution is 2.28. The van der Waals surface area contributed by atoms with Crippen molar-refractivity contribution in [1.29, 1.82) is 0 Å². The first-order valence-corrected chi connectivity index (χ1v) is 7.17. The Balaban J connectivity index is 2.54. The van der Waals surface area contributed by atoms with Crippen LogP contribution in [0.4, 0.5) is 0 Å². The molecule has 0 aliphatic rings. The predicted molar refractivity (Wildman–Crippen MR) is 80.1 cm³/mol. The molecule has 1 aromatic heterocycles. The van der Waals surface area contributed by atoms with Crippen molar-refractivity contribution in [2.24, 2.45) is 0 Å². The van der Waals surface area contributed by atoms with Crippen LogP contribution in [0.1, 0.15) is 49.7 Å². The van der Waals surface area contributed by atoms with Crippen molar-refractivity contribution in [2.45, 2.75) is 39.7 Å². The van der Waals surface area contributed by atoms with E-state index in [1.807, 2.05) is 49.6 Å². The molecule has 2 aromatic rings. The molecule has 0 aliphatic heterocycles. The average Bonchev–Trinajstić information content (AvgIpc) is 2.91. The van der Waals surface area contributed by atoms with Crippen molar-refractivity contribution >= 4 is 5.97 Å². The second-order valence-corrected chi connectivity index (χ2v) is 5.23. The number of esters is 1. The number of aryl methyl sites for hydroxylation is 1. The van der Waals surface area contributed by atoms with Crippen LogP contribution in [-0.2, 0) is 9.53 Å². The molecule has 1 atom stereocenters. The molecule has 1 unspecified atom stereocenters. The maximum Gasteiger partial charge on any atom is 0.321 e. The third kappa shape index (κ3) is 3.12. The summed E-state index contributed by atoms with van der Waals surface area (Å²) in [6, 6.07) is 7.98. The van der Waals surface area contributed by atoms with Gasteiger partial charge >= 0.3 is 5.97 Å². The van der Waals surface area contributed by atoms with E-state index in [1.54, 1.807) is 13.3 Å². The van der Waals surface area contributed by atoms with Crippen molar-refractivity contribution in [2.75, 3.05) is 6.61 Å². The number of carbonyl (C=O) groups excluding carboxylic acids is 1. The van der Waals surface area contributed by atoms with Crippen LogP contribution in [-0.4, -0.2) is 27.3 Å². The Morgan fingerprint density at radius 2 is 2.05 bits per heavy atom. The second kappa shape index (κ2) is 6.52. The minimum absolute atomic E-state index is 0.177. The first-order chi connectivity index (χ1) is 10.1. The highest BCUT2D eigenvalue weighted by Gasteiger charge is 2.30. The number of nitrogens with zero attached hydrogens (tertiary/aromatic N) is 3. The summed E-state index contributed by atoms with van der Waals surface area (Å²) < 4.78 is 7.16. The average molecular weight is 287 g/mol. The maximum absolute atomic E-state index is 12.5. The molecule has 0 saturated carbocycles. The molecule has 0 saturated heterocycles. The molecular formula is C16H21N3O2. The first kappa shape index (κ1) is 15.2. The molecule has 5 nitrogen and oxygen atoms in total. The molecule has 2 rings (SSSR count). The van der Waals surface area contributed by atoms with Gasteiger partial charge in [-0.25, -0.2) is 0 Å². The van der Waals surface area contributed by atoms with E-state index < -0.39 is 5.92 Å². The Labute approximate surface area is 125 Å². The number of carbonyl (C=O) groups is 1. The number of hydrogen-bond donors (Lipinski definition) is 0. The van der Waals surface area contributed by atoms with Crippen molar-refractivity contribution < 1.29 is 9.53 Å². The number of benzene rings is 1. The quantitative estimate of drug-likeness (QED) is 0.793. The fraction of sp³-hybridized carbons (Fsp3) is 0.438. The smallest absolute Gasteiger partial charge is 0.321 e. The molecule has 1 aromatic carbocycles. The van der Waals surface area contributed by atoms with E-state index in [2.05, 4.69) is 10.2 Å². The topological polar surface area (TPSA) is 57.0 Å². The minimum Gasteiger partial charge on any atom is -0.465 e. The number of ether oxygens (including phenoxy) is 1. The van der Waals surface area contributed by atoms with E-state index in [9.17, 15) is 4.79 Å². The van der Waals surface area contributed by atoms with Crippen molar-refractivity contribution in [3.8, 4) is 0 Å². The zero-order valence-electron chi connectivity index (χ0n) is 12.9. The zero-order valence-corrected chi connectivity index (χ0v) is 12.9. The third-order valence-electron chi connectivity index (χ3n) is 3.44. The lowest BCUT2D eigenvalue weighted by atomic mass is 9.94. The van der Waals surface area contributed by atoms with Gasteiger partial charge < -0.3 is 9.30 Å². The van der Waals surface area contributed by atoms with Gasteiger partial charge in [-0.1, -0.05) is 24.3 Å². The summed E-state index contributed by atoms with van der Waals surface area (Å²) in [5.41, 5.74) is 1.94. The molecule has 0 spiro atoms. The van der Waals surface area contributed by atoms with Crippen molar-refractivity contribution in [3.05, 3.63) is 47.5 Å². The van der Waals surface area contributed by atoms with Gasteiger partial charge in [-0.2, -0.15) is 0 Å². The van der Waals surface area contributed by atoms with Gasteiger partial charge in [0.15, 0.2) is 5.82 Å². The molecule has 0 bridgehead atoms. The van der Waals surface area contributed by atoms with E-state index in [0.717, 1.165) is 11.1 Å². The van der Waals surface area contributed by atoms with Crippen LogP contribution in [0.15, 0.2) is 30.6 Å². The normalized spacial score (nSPS) is 12.4. The number of hydrogen-bond acceptors (Lipinski definition) is 4. The molecule has 1 heterocycles. The summed E-state index contributed by atoms with van der Waals surface area (Å²) in [5.74, 6) is -0.212. The molecule has 0 fully saturated rings. The number of rotatable bonds is 5. The van der Waals surface area contributed by atoms with Crippen LogP contribution < -0.4 is 0 Å². The van der Waals surface area contributed by atoms with E-state index in [4.69, 9.17) is 4.74 Å². The third-order valence-corrected chi connectivity index (χ3v) is 3.44. The Kier molecular flexibility index (Phi) is 4.73. The summed E-state index contributed by atoms with van der Waals surface area (Å²) in [4.78, 5) is 12.5. The fourth-order valence-corrected chi connectivity index (χ4v) is 2.36. The van der Waals surface area contributed by atoms with Gasteiger partial charge in [-0.3, -0.25) is 4.79 Å². The summed E-state index contributed by atoms with van der Waals surface area (Å²) in [7, 11) is 0. The Morgan fingerprint density at radius 3 is 2.67 bits per heavy atom. The number of aromatic nitrogens is 3. The fourth-order valence-electron chi connectivity index (χ4n) is 2.36. The summed E-state index contributed by atoms with van der Waals surface area (Å²) in [6.45, 7) is 8.20. The first-order valence-electron chi connectivity index (χ1n) is 7.17. The molecule has 0 aliphatic carbocycles. The Hall–Kier alpha value is -2.17. The van der Waals surface area contributed by atoms with Crippen LogP contribution >= 0.6 is 0 Å². The highest BCUT2D eigenvalue weighted by atomic mass is 16.5. The van der Waals surface area contributed by atoms with E-state index in [-0.39, 0.29) is 12.0 Å². The molecule has 0 N–H and O–H groups in total. The van der Waals surface area contributed by atoms with Gasteiger partial charge in [-0.05, 0) is 38.8 Å². The van der Waals surface area contributed by atoms with Crippen molar-refractivity contribution in [3.63, 3.8) is 0 Å². The van der Waals surface area contributed by atoms with Crippen LogP contribution in [0.25, 0.3) is 0 Å². The lowest BCUT2D eigenvalue weighted by Crippen LogP contribution is -2.22. The second-order valence-electron chi connectivity index (χ2n) is 5.23. The molecule has 112 valence electrons. The van der Waals surface area contributed by atoms with Crippen LogP contribution in [0, 0.1) is 6.92 Å². The minimum atomic E-state index is -0.545. The van der Waals surface area contributed by atoms with Crippen molar-refractivity contribution in [1.82, 2.24) is 14.8 Å². The van der Waals surface area contributed by atoms with Gasteiger partial charge in [0.2, 0.25) is 0 Å². The Morgan fingerprint density at radius 1 is 1.33 bits per heavy atom. The van der Waals surface area contributed by atoms with E-state index >= 15 is 0 Å². The lowest BCUT2D eigenvalue weighted by Gasteiger charge is -2.19. The van der Waals surface area contributed by atoms with E-state index in [1.165, 1.54) is 0 Å². The van der Waals surface area contributed by atoms with Gasteiger partial charge in [0, 0.05) is 6.04 Å². The zero-order chi connectivity index (χ0) is 15.4. The molecule has 0 amide bonds. The van der Waals surface area contributed by atoms with Gasteiger partial charge in [0.05, 0.1) is 6.61 Å². The van der Waals surface area contributed by atoms with Crippen LogP contribution in [0.2, 0.25) is 0 Å². The highest BCUT2D eigenvalue weighted by molar-refractivity contribution is 5.81. The monoisotopic (exact) mass is 287 g/mol. The molecular weight excluding hydrogens is 266 g/mol. The van der Waals surface area contributed by atoms with Crippen LogP contribution in [0.3, 0.4) is 0 Å². The van der Waals surface area contributed by atoms with Gasteiger partial charge in [0.1, 0.15) is 12.2 Å². The molecule has 0 radical (unpaired) electrons. The predicted octanol–water partition coefficient (Wildman–Crippen LogP) is 2.86. The molecule has 5 heteroatoms. The van der Waals surface area contributed by atoms with E-state index in [0.29, 0.717) is 12.4 Å². The Bertz CT molecular complexity index is 619. The summed E-state index contributed by atoms with van der Waals surface area (Å²) in [5, 5.41) is 8.14. The largest absolute Gasteiger partial charge is 0.465 e. The van der Waals surface area contributed by atoms with Gasteiger partial charge in [-0.15, -0.1) is 10.2 Å². The standard InChI is InChI=1S/C16H21N3O2/c1-5-21-16(20)14(13-9-7-6-8-12(13)4)15-18-17-10-19(15)11(2)3/h6-11,14H,5H2,1-4H3. The molecule has 21 heavy (non-hydrogen) atoms. The summed E-state index contributed by atoms with van der Waals surface area (Å²) >= 11 is 0.